The number of benzene rings is 1. The van der Waals surface area contributed by atoms with E-state index in [1.165, 1.54) is 5.56 Å². The zero-order valence-electron chi connectivity index (χ0n) is 13.6. The number of hydrogen-bond donors (Lipinski definition) is 2. The van der Waals surface area contributed by atoms with Crippen molar-refractivity contribution in [2.75, 3.05) is 11.9 Å². The second kappa shape index (κ2) is 6.29. The molecule has 0 unspecified atom stereocenters. The number of carbonyl (C=O) groups excluding carboxylic acids is 1. The molecule has 0 heterocycles. The zero-order valence-corrected chi connectivity index (χ0v) is 13.6. The Hall–Kier alpha value is -1.51. The molecule has 0 bridgehead atoms. The first-order valence-corrected chi connectivity index (χ1v) is 7.29. The molecule has 0 fully saturated rings. The molecular weight excluding hydrogens is 248 g/mol. The minimum atomic E-state index is -0.144. The first-order valence-electron chi connectivity index (χ1n) is 7.29. The van der Waals surface area contributed by atoms with E-state index in [1.54, 1.807) is 0 Å². The van der Waals surface area contributed by atoms with Gasteiger partial charge in [-0.3, -0.25) is 4.79 Å². The lowest BCUT2D eigenvalue weighted by molar-refractivity contribution is -0.121. The second-order valence-electron chi connectivity index (χ2n) is 6.97. The topological polar surface area (TPSA) is 41.1 Å². The predicted octanol–water partition coefficient (Wildman–Crippen LogP) is 3.70. The van der Waals surface area contributed by atoms with Crippen molar-refractivity contribution in [3.8, 4) is 0 Å². The summed E-state index contributed by atoms with van der Waals surface area (Å²) in [6.45, 7) is 13.0. The maximum Gasteiger partial charge on any atom is 0.239 e. The van der Waals surface area contributed by atoms with E-state index in [4.69, 9.17) is 0 Å². The number of nitrogens with one attached hydrogen (secondary N) is 2. The summed E-state index contributed by atoms with van der Waals surface area (Å²) in [6.07, 6.45) is 0.916. The normalized spacial score (nSPS) is 12.1. The molecule has 2 N–H and O–H groups in total. The summed E-state index contributed by atoms with van der Waals surface area (Å²) in [7, 11) is 0. The molecule has 1 aromatic rings. The highest BCUT2D eigenvalue weighted by atomic mass is 16.2. The quantitative estimate of drug-likeness (QED) is 0.861. The van der Waals surface area contributed by atoms with Gasteiger partial charge in [0.05, 0.1) is 6.54 Å². The van der Waals surface area contributed by atoms with Gasteiger partial charge in [0.15, 0.2) is 0 Å². The number of anilines is 1. The van der Waals surface area contributed by atoms with Crippen molar-refractivity contribution in [2.45, 2.75) is 58.9 Å². The van der Waals surface area contributed by atoms with Gasteiger partial charge < -0.3 is 10.6 Å². The predicted molar refractivity (Wildman–Crippen MR) is 86.1 cm³/mol. The summed E-state index contributed by atoms with van der Waals surface area (Å²) in [4.78, 5) is 11.8. The van der Waals surface area contributed by atoms with Crippen LogP contribution in [0.3, 0.4) is 0 Å². The molecule has 0 atom stereocenters. The lowest BCUT2D eigenvalue weighted by Gasteiger charge is -2.24. The van der Waals surface area contributed by atoms with E-state index in [1.807, 2.05) is 26.0 Å². The van der Waals surface area contributed by atoms with Gasteiger partial charge in [0.2, 0.25) is 5.91 Å². The number of hydrogen-bond acceptors (Lipinski definition) is 2. The molecule has 3 nitrogen and oxygen atoms in total. The third kappa shape index (κ3) is 5.24. The largest absolute Gasteiger partial charge is 0.376 e. The highest BCUT2D eigenvalue weighted by Gasteiger charge is 2.17. The third-order valence-electron chi connectivity index (χ3n) is 3.57. The fourth-order valence-corrected chi connectivity index (χ4v) is 1.78. The summed E-state index contributed by atoms with van der Waals surface area (Å²) in [5.41, 5.74) is 2.28. The monoisotopic (exact) mass is 276 g/mol. The van der Waals surface area contributed by atoms with Crippen LogP contribution < -0.4 is 10.6 Å². The van der Waals surface area contributed by atoms with Gasteiger partial charge in [-0.15, -0.1) is 0 Å². The fourth-order valence-electron chi connectivity index (χ4n) is 1.78. The van der Waals surface area contributed by atoms with E-state index in [2.05, 4.69) is 50.5 Å². The Morgan fingerprint density at radius 2 is 1.60 bits per heavy atom. The smallest absolute Gasteiger partial charge is 0.239 e. The van der Waals surface area contributed by atoms with E-state index in [0.29, 0.717) is 6.54 Å². The Morgan fingerprint density at radius 1 is 1.05 bits per heavy atom. The van der Waals surface area contributed by atoms with Gasteiger partial charge in [0.25, 0.3) is 0 Å². The molecule has 0 saturated carbocycles. The van der Waals surface area contributed by atoms with Gasteiger partial charge in [-0.05, 0) is 43.4 Å². The Morgan fingerprint density at radius 3 is 2.05 bits per heavy atom. The molecular formula is C17H28N2O. The molecule has 1 amide bonds. The fraction of sp³-hybridized carbons (Fsp3) is 0.588. The molecule has 0 aliphatic heterocycles. The van der Waals surface area contributed by atoms with Crippen LogP contribution in [0.2, 0.25) is 0 Å². The summed E-state index contributed by atoms with van der Waals surface area (Å²) < 4.78 is 0. The van der Waals surface area contributed by atoms with Gasteiger partial charge in [-0.2, -0.15) is 0 Å². The summed E-state index contributed by atoms with van der Waals surface area (Å²) >= 11 is 0. The molecule has 0 radical (unpaired) electrons. The first-order chi connectivity index (χ1) is 9.14. The van der Waals surface area contributed by atoms with Crippen molar-refractivity contribution in [3.05, 3.63) is 29.8 Å². The zero-order chi connectivity index (χ0) is 15.4. The molecule has 0 saturated heterocycles. The molecule has 0 aliphatic rings. The Bertz CT molecular complexity index is 441. The van der Waals surface area contributed by atoms with Gasteiger partial charge in [0, 0.05) is 11.2 Å². The van der Waals surface area contributed by atoms with Crippen LogP contribution in [-0.4, -0.2) is 18.0 Å². The highest BCUT2D eigenvalue weighted by Crippen LogP contribution is 2.23. The standard InChI is InChI=1S/C17H28N2O/c1-7-17(5,6)19-15(20)12-18-14-10-8-13(9-11-14)16(2,3)4/h8-11,18H,7,12H2,1-6H3,(H,19,20). The van der Waals surface area contributed by atoms with Crippen LogP contribution in [-0.2, 0) is 10.2 Å². The van der Waals surface area contributed by atoms with Crippen LogP contribution in [0.5, 0.6) is 0 Å². The van der Waals surface area contributed by atoms with Gasteiger partial charge in [-0.25, -0.2) is 0 Å². The van der Waals surface area contributed by atoms with Crippen molar-refractivity contribution in [3.63, 3.8) is 0 Å². The Kier molecular flexibility index (Phi) is 5.21. The van der Waals surface area contributed by atoms with Crippen molar-refractivity contribution >= 4 is 11.6 Å². The van der Waals surface area contributed by atoms with Gasteiger partial charge in [0.1, 0.15) is 0 Å². The van der Waals surface area contributed by atoms with Gasteiger partial charge in [-0.1, -0.05) is 39.8 Å². The lowest BCUT2D eigenvalue weighted by atomic mass is 9.87. The van der Waals surface area contributed by atoms with Crippen LogP contribution in [0.1, 0.15) is 53.5 Å². The third-order valence-corrected chi connectivity index (χ3v) is 3.57. The molecule has 3 heteroatoms. The maximum absolute atomic E-state index is 11.8. The van der Waals surface area contributed by atoms with E-state index >= 15 is 0 Å². The summed E-state index contributed by atoms with van der Waals surface area (Å²) in [6, 6.07) is 8.27. The SMILES string of the molecule is CCC(C)(C)NC(=O)CNc1ccc(C(C)(C)C)cc1. The summed E-state index contributed by atoms with van der Waals surface area (Å²) in [5.74, 6) is 0.0248. The van der Waals surface area contributed by atoms with E-state index < -0.39 is 0 Å². The molecule has 0 spiro atoms. The lowest BCUT2D eigenvalue weighted by Crippen LogP contribution is -2.45. The van der Waals surface area contributed by atoms with Crippen LogP contribution in [0, 0.1) is 0 Å². The van der Waals surface area contributed by atoms with Gasteiger partial charge >= 0.3 is 0 Å². The van der Waals surface area contributed by atoms with Crippen LogP contribution in [0.4, 0.5) is 5.69 Å². The molecule has 1 aromatic carbocycles. The van der Waals surface area contributed by atoms with E-state index in [9.17, 15) is 4.79 Å². The average Bonchev–Trinajstić information content (AvgIpc) is 2.35. The second-order valence-corrected chi connectivity index (χ2v) is 6.97. The number of amides is 1. The van der Waals surface area contributed by atoms with Crippen LogP contribution >= 0.6 is 0 Å². The highest BCUT2D eigenvalue weighted by molar-refractivity contribution is 5.81. The number of carbonyl (C=O) groups is 1. The molecule has 0 aromatic heterocycles. The minimum Gasteiger partial charge on any atom is -0.376 e. The molecule has 112 valence electrons. The van der Waals surface area contributed by atoms with Crippen molar-refractivity contribution < 1.29 is 4.79 Å². The Labute approximate surface area is 123 Å². The average molecular weight is 276 g/mol. The minimum absolute atomic E-state index is 0.0248. The van der Waals surface area contributed by atoms with Crippen molar-refractivity contribution in [2.24, 2.45) is 0 Å². The Balaban J connectivity index is 2.52. The summed E-state index contributed by atoms with van der Waals surface area (Å²) in [5, 5.41) is 6.17. The van der Waals surface area contributed by atoms with E-state index in [0.717, 1.165) is 12.1 Å². The molecule has 0 aliphatic carbocycles. The first kappa shape index (κ1) is 16.5. The van der Waals surface area contributed by atoms with E-state index in [-0.39, 0.29) is 16.9 Å². The maximum atomic E-state index is 11.8. The van der Waals surface area contributed by atoms with Crippen LogP contribution in [0.25, 0.3) is 0 Å². The number of rotatable bonds is 5. The van der Waals surface area contributed by atoms with Crippen LogP contribution in [0.15, 0.2) is 24.3 Å². The van der Waals surface area contributed by atoms with Crippen molar-refractivity contribution in [1.29, 1.82) is 0 Å². The molecule has 20 heavy (non-hydrogen) atoms. The molecule has 1 rings (SSSR count). The van der Waals surface area contributed by atoms with Crippen molar-refractivity contribution in [1.82, 2.24) is 5.32 Å².